The number of nitrogens with one attached hydrogen (secondary N) is 1. The van der Waals surface area contributed by atoms with Gasteiger partial charge in [0.15, 0.2) is 0 Å². The van der Waals surface area contributed by atoms with Gasteiger partial charge in [0.25, 0.3) is 5.91 Å². The van der Waals surface area contributed by atoms with Crippen molar-refractivity contribution >= 4 is 29.7 Å². The van der Waals surface area contributed by atoms with Crippen LogP contribution in [0.1, 0.15) is 34.5 Å². The van der Waals surface area contributed by atoms with Crippen LogP contribution in [0.2, 0.25) is 0 Å². The SMILES string of the molecule is Cl.O=C(c1cccc(OCc2cccs2)c1)N1C2CCNCC1CC2. The highest BCUT2D eigenvalue weighted by Crippen LogP contribution is 2.30. The lowest BCUT2D eigenvalue weighted by molar-refractivity contribution is 0.0680. The molecular formula is C19H23ClN2O2S. The zero-order chi connectivity index (χ0) is 16.4. The van der Waals surface area contributed by atoms with E-state index in [0.717, 1.165) is 43.7 Å². The van der Waals surface area contributed by atoms with Gasteiger partial charge in [0.05, 0.1) is 0 Å². The third kappa shape index (κ3) is 4.00. The topological polar surface area (TPSA) is 41.6 Å². The van der Waals surface area contributed by atoms with Crippen molar-refractivity contribution in [3.8, 4) is 5.75 Å². The van der Waals surface area contributed by atoms with Gasteiger partial charge < -0.3 is 15.0 Å². The molecule has 3 heterocycles. The van der Waals surface area contributed by atoms with E-state index in [1.54, 1.807) is 11.3 Å². The van der Waals surface area contributed by atoms with E-state index >= 15 is 0 Å². The summed E-state index contributed by atoms with van der Waals surface area (Å²) in [6.07, 6.45) is 3.29. The van der Waals surface area contributed by atoms with Crippen LogP contribution in [-0.2, 0) is 6.61 Å². The van der Waals surface area contributed by atoms with Crippen LogP contribution in [0.5, 0.6) is 5.75 Å². The number of carbonyl (C=O) groups is 1. The van der Waals surface area contributed by atoms with E-state index < -0.39 is 0 Å². The molecule has 2 bridgehead atoms. The van der Waals surface area contributed by atoms with E-state index in [9.17, 15) is 4.79 Å². The van der Waals surface area contributed by atoms with Gasteiger partial charge in [-0.05, 0) is 55.5 Å². The molecule has 0 aliphatic carbocycles. The molecule has 6 heteroatoms. The third-order valence-electron chi connectivity index (χ3n) is 4.93. The Bertz CT molecular complexity index is 693. The summed E-state index contributed by atoms with van der Waals surface area (Å²) in [4.78, 5) is 16.3. The Labute approximate surface area is 158 Å². The van der Waals surface area contributed by atoms with Crippen molar-refractivity contribution in [1.29, 1.82) is 0 Å². The first-order chi connectivity index (χ1) is 11.8. The minimum absolute atomic E-state index is 0. The number of halogens is 1. The number of ether oxygens (including phenoxy) is 1. The van der Waals surface area contributed by atoms with Crippen molar-refractivity contribution in [2.45, 2.75) is 38.0 Å². The lowest BCUT2D eigenvalue weighted by Gasteiger charge is -2.28. The number of hydrogen-bond acceptors (Lipinski definition) is 4. The number of amides is 1. The predicted octanol–water partition coefficient (Wildman–Crippen LogP) is 3.72. The van der Waals surface area contributed by atoms with Crippen LogP contribution in [0.25, 0.3) is 0 Å². The Hall–Kier alpha value is -1.56. The largest absolute Gasteiger partial charge is 0.488 e. The lowest BCUT2D eigenvalue weighted by atomic mass is 10.1. The summed E-state index contributed by atoms with van der Waals surface area (Å²) in [5.74, 6) is 0.905. The summed E-state index contributed by atoms with van der Waals surface area (Å²) in [6.45, 7) is 2.47. The van der Waals surface area contributed by atoms with Crippen LogP contribution in [0.4, 0.5) is 0 Å². The minimum atomic E-state index is 0. The number of nitrogens with zero attached hydrogens (tertiary/aromatic N) is 1. The Kier molecular flexibility index (Phi) is 5.99. The van der Waals surface area contributed by atoms with Crippen LogP contribution >= 0.6 is 23.7 Å². The average Bonchev–Trinajstić information content (AvgIpc) is 3.19. The molecule has 134 valence electrons. The van der Waals surface area contributed by atoms with Crippen LogP contribution in [-0.4, -0.2) is 36.0 Å². The molecule has 2 fully saturated rings. The Morgan fingerprint density at radius 3 is 2.92 bits per heavy atom. The van der Waals surface area contributed by atoms with E-state index in [4.69, 9.17) is 4.74 Å². The molecule has 1 aromatic carbocycles. The van der Waals surface area contributed by atoms with E-state index in [1.165, 1.54) is 4.88 Å². The van der Waals surface area contributed by atoms with Gasteiger partial charge in [-0.1, -0.05) is 12.1 Å². The van der Waals surface area contributed by atoms with Crippen molar-refractivity contribution in [1.82, 2.24) is 10.2 Å². The standard InChI is InChI=1S/C19H22N2O2S.ClH/c22-19(21-15-6-7-16(21)12-20-9-8-15)14-3-1-4-17(11-14)23-13-18-5-2-10-24-18;/h1-5,10-11,15-16,20H,6-9,12-13H2;1H. The third-order valence-corrected chi connectivity index (χ3v) is 5.78. The van der Waals surface area contributed by atoms with Crippen molar-refractivity contribution in [3.05, 3.63) is 52.2 Å². The first-order valence-electron chi connectivity index (χ1n) is 8.60. The number of hydrogen-bond donors (Lipinski definition) is 1. The van der Waals surface area contributed by atoms with Gasteiger partial charge in [-0.25, -0.2) is 0 Å². The van der Waals surface area contributed by atoms with Gasteiger partial charge in [0, 0.05) is 29.1 Å². The molecule has 2 atom stereocenters. The van der Waals surface area contributed by atoms with E-state index in [2.05, 4.69) is 16.3 Å². The molecule has 4 nitrogen and oxygen atoms in total. The van der Waals surface area contributed by atoms with Crippen molar-refractivity contribution in [2.24, 2.45) is 0 Å². The zero-order valence-corrected chi connectivity index (χ0v) is 15.7. The average molecular weight is 379 g/mol. The second-order valence-corrected chi connectivity index (χ2v) is 7.52. The molecule has 2 saturated heterocycles. The fraction of sp³-hybridized carbons (Fsp3) is 0.421. The van der Waals surface area contributed by atoms with E-state index in [0.29, 0.717) is 18.7 Å². The van der Waals surface area contributed by atoms with Crippen LogP contribution in [0.3, 0.4) is 0 Å². The molecular weight excluding hydrogens is 356 g/mol. The van der Waals surface area contributed by atoms with E-state index in [-0.39, 0.29) is 18.3 Å². The Morgan fingerprint density at radius 1 is 1.20 bits per heavy atom. The second-order valence-electron chi connectivity index (χ2n) is 6.49. The summed E-state index contributed by atoms with van der Waals surface area (Å²) < 4.78 is 5.85. The summed E-state index contributed by atoms with van der Waals surface area (Å²) >= 11 is 1.68. The molecule has 0 radical (unpaired) electrons. The van der Waals surface area contributed by atoms with Crippen molar-refractivity contribution < 1.29 is 9.53 Å². The molecule has 2 unspecified atom stereocenters. The highest BCUT2D eigenvalue weighted by molar-refractivity contribution is 7.09. The Balaban J connectivity index is 0.00000182. The second kappa shape index (κ2) is 8.21. The smallest absolute Gasteiger partial charge is 0.254 e. The molecule has 0 spiro atoms. The highest BCUT2D eigenvalue weighted by atomic mass is 35.5. The zero-order valence-electron chi connectivity index (χ0n) is 14.0. The van der Waals surface area contributed by atoms with Gasteiger partial charge in [-0.15, -0.1) is 23.7 Å². The number of rotatable bonds is 4. The number of carbonyl (C=O) groups excluding carboxylic acids is 1. The molecule has 2 aromatic rings. The van der Waals surface area contributed by atoms with Crippen LogP contribution < -0.4 is 10.1 Å². The minimum Gasteiger partial charge on any atom is -0.488 e. The quantitative estimate of drug-likeness (QED) is 0.881. The molecule has 1 amide bonds. The van der Waals surface area contributed by atoms with Gasteiger partial charge in [-0.2, -0.15) is 0 Å². The van der Waals surface area contributed by atoms with Crippen LogP contribution in [0.15, 0.2) is 41.8 Å². The fourth-order valence-electron chi connectivity index (χ4n) is 3.73. The molecule has 25 heavy (non-hydrogen) atoms. The van der Waals surface area contributed by atoms with Crippen molar-refractivity contribution in [3.63, 3.8) is 0 Å². The maximum Gasteiger partial charge on any atom is 0.254 e. The predicted molar refractivity (Wildman–Crippen MR) is 103 cm³/mol. The van der Waals surface area contributed by atoms with Gasteiger partial charge in [0.2, 0.25) is 0 Å². The summed E-state index contributed by atoms with van der Waals surface area (Å²) in [7, 11) is 0. The maximum absolute atomic E-state index is 13.0. The summed E-state index contributed by atoms with van der Waals surface area (Å²) in [5, 5.41) is 5.49. The monoisotopic (exact) mass is 378 g/mol. The molecule has 0 saturated carbocycles. The molecule has 2 aliphatic heterocycles. The first kappa shape index (κ1) is 18.2. The molecule has 1 aromatic heterocycles. The maximum atomic E-state index is 13.0. The molecule has 2 aliphatic rings. The fourth-order valence-corrected chi connectivity index (χ4v) is 4.35. The number of fused-ring (bicyclic) bond motifs is 2. The van der Waals surface area contributed by atoms with Crippen molar-refractivity contribution in [2.75, 3.05) is 13.1 Å². The number of thiophene rings is 1. The van der Waals surface area contributed by atoms with Gasteiger partial charge in [-0.3, -0.25) is 4.79 Å². The highest BCUT2D eigenvalue weighted by Gasteiger charge is 2.38. The van der Waals surface area contributed by atoms with Gasteiger partial charge >= 0.3 is 0 Å². The number of benzene rings is 1. The van der Waals surface area contributed by atoms with Gasteiger partial charge in [0.1, 0.15) is 12.4 Å². The summed E-state index contributed by atoms with van der Waals surface area (Å²) in [6, 6.07) is 12.4. The lowest BCUT2D eigenvalue weighted by Crippen LogP contribution is -2.42. The molecule has 1 N–H and O–H groups in total. The summed E-state index contributed by atoms with van der Waals surface area (Å²) in [5.41, 5.74) is 0.734. The first-order valence-corrected chi connectivity index (χ1v) is 9.48. The van der Waals surface area contributed by atoms with Crippen LogP contribution in [0, 0.1) is 0 Å². The van der Waals surface area contributed by atoms with E-state index in [1.807, 2.05) is 35.7 Å². The Morgan fingerprint density at radius 2 is 2.08 bits per heavy atom. The molecule has 4 rings (SSSR count). The normalized spacial score (nSPS) is 22.2.